The highest BCUT2D eigenvalue weighted by atomic mass is 35.5. The number of nitrogens with zero attached hydrogens (tertiary/aromatic N) is 2. The molecular formula is C26H40ClN5O5. The van der Waals surface area contributed by atoms with Gasteiger partial charge in [-0.15, -0.1) is 0 Å². The van der Waals surface area contributed by atoms with Crippen LogP contribution in [0.15, 0.2) is 24.3 Å². The molecule has 0 saturated carbocycles. The van der Waals surface area contributed by atoms with E-state index in [0.29, 0.717) is 50.8 Å². The van der Waals surface area contributed by atoms with E-state index in [1.54, 1.807) is 0 Å². The van der Waals surface area contributed by atoms with Crippen molar-refractivity contribution in [2.45, 2.75) is 44.2 Å². The summed E-state index contributed by atoms with van der Waals surface area (Å²) in [6.07, 6.45) is 3.46. The molecule has 3 atom stereocenters. The highest BCUT2D eigenvalue weighted by Gasteiger charge is 2.32. The van der Waals surface area contributed by atoms with Gasteiger partial charge in [0.2, 0.25) is 5.91 Å². The number of urea groups is 1. The van der Waals surface area contributed by atoms with Gasteiger partial charge in [0.15, 0.2) is 0 Å². The number of carbonyl (C=O) groups excluding carboxylic acids is 3. The van der Waals surface area contributed by atoms with Crippen LogP contribution in [0.25, 0.3) is 0 Å². The molecule has 2 saturated heterocycles. The van der Waals surface area contributed by atoms with Crippen molar-refractivity contribution in [2.24, 2.45) is 5.92 Å². The Kier molecular flexibility index (Phi) is 11.8. The zero-order valence-electron chi connectivity index (χ0n) is 21.8. The third-order valence-electron chi connectivity index (χ3n) is 6.84. The molecule has 3 rings (SSSR count). The molecule has 0 aromatic heterocycles. The van der Waals surface area contributed by atoms with Gasteiger partial charge in [0.05, 0.1) is 25.9 Å². The van der Waals surface area contributed by atoms with Gasteiger partial charge in [-0.3, -0.25) is 4.79 Å². The second-order valence-electron chi connectivity index (χ2n) is 9.61. The number of benzene rings is 1. The van der Waals surface area contributed by atoms with Crippen LogP contribution in [0.3, 0.4) is 0 Å². The van der Waals surface area contributed by atoms with Gasteiger partial charge >= 0.3 is 12.1 Å². The van der Waals surface area contributed by atoms with Crippen molar-refractivity contribution in [3.63, 3.8) is 0 Å². The lowest BCUT2D eigenvalue weighted by Gasteiger charge is -2.38. The van der Waals surface area contributed by atoms with Gasteiger partial charge in [-0.1, -0.05) is 23.7 Å². The summed E-state index contributed by atoms with van der Waals surface area (Å²) in [5.74, 6) is 0.213. The van der Waals surface area contributed by atoms with Crippen LogP contribution in [-0.4, -0.2) is 93.9 Å². The van der Waals surface area contributed by atoms with Crippen molar-refractivity contribution in [1.82, 2.24) is 25.8 Å². The number of amides is 4. The predicted octanol–water partition coefficient (Wildman–Crippen LogP) is 2.78. The molecule has 37 heavy (non-hydrogen) atoms. The average molecular weight is 538 g/mol. The third-order valence-corrected chi connectivity index (χ3v) is 7.08. The average Bonchev–Trinajstić information content (AvgIpc) is 2.90. The Morgan fingerprint density at radius 1 is 1.22 bits per heavy atom. The standard InChI is InChI=1S/C26H40ClN5O5/c1-28-16-22(18-31-12-4-3-10-23(31)33)30-25(34)32-13-6-8-20(17-32)24(19-7-5-9-21(27)15-19)37-14-11-29-26(35)36-2/h5,7,9,15,20,22,24,28H,3-4,6,8,10-14,16-18H2,1-2H3,(H,29,35)(H,30,34)/t20-,22-,24?/m1/s1. The molecule has 10 nitrogen and oxygen atoms in total. The maximum Gasteiger partial charge on any atom is 0.406 e. The number of carbonyl (C=O) groups is 3. The molecule has 1 unspecified atom stereocenters. The topological polar surface area (TPSA) is 112 Å². The van der Waals surface area contributed by atoms with Crippen molar-refractivity contribution in [3.8, 4) is 0 Å². The fraction of sp³-hybridized carbons (Fsp3) is 0.654. The predicted molar refractivity (Wildman–Crippen MR) is 142 cm³/mol. The van der Waals surface area contributed by atoms with E-state index in [0.717, 1.165) is 37.8 Å². The number of methoxy groups -OCH3 is 1. The molecule has 2 aliphatic rings. The zero-order chi connectivity index (χ0) is 26.6. The molecule has 2 aliphatic heterocycles. The summed E-state index contributed by atoms with van der Waals surface area (Å²) < 4.78 is 10.9. The van der Waals surface area contributed by atoms with E-state index in [9.17, 15) is 14.4 Å². The van der Waals surface area contributed by atoms with E-state index in [4.69, 9.17) is 16.3 Å². The minimum absolute atomic E-state index is 0.0579. The van der Waals surface area contributed by atoms with Gasteiger partial charge < -0.3 is 35.2 Å². The molecule has 0 aliphatic carbocycles. The number of alkyl carbamates (subject to hydrolysis) is 1. The van der Waals surface area contributed by atoms with Gasteiger partial charge in [-0.2, -0.15) is 0 Å². The Morgan fingerprint density at radius 3 is 2.78 bits per heavy atom. The minimum atomic E-state index is -0.509. The maximum absolute atomic E-state index is 13.3. The highest BCUT2D eigenvalue weighted by molar-refractivity contribution is 6.30. The minimum Gasteiger partial charge on any atom is -0.453 e. The van der Waals surface area contributed by atoms with Crippen molar-refractivity contribution in [1.29, 1.82) is 0 Å². The van der Waals surface area contributed by atoms with Gasteiger partial charge in [-0.05, 0) is 50.4 Å². The molecule has 0 spiro atoms. The fourth-order valence-electron chi connectivity index (χ4n) is 5.04. The quantitative estimate of drug-likeness (QED) is 0.374. The molecule has 1 aromatic rings. The van der Waals surface area contributed by atoms with Gasteiger partial charge in [0, 0.05) is 56.6 Å². The number of halogens is 1. The van der Waals surface area contributed by atoms with Crippen molar-refractivity contribution < 1.29 is 23.9 Å². The highest BCUT2D eigenvalue weighted by Crippen LogP contribution is 2.34. The van der Waals surface area contributed by atoms with E-state index >= 15 is 0 Å². The Morgan fingerprint density at radius 2 is 2.05 bits per heavy atom. The summed E-state index contributed by atoms with van der Waals surface area (Å²) in [6, 6.07) is 7.25. The largest absolute Gasteiger partial charge is 0.453 e. The fourth-order valence-corrected chi connectivity index (χ4v) is 5.23. The van der Waals surface area contributed by atoms with Crippen LogP contribution in [-0.2, 0) is 14.3 Å². The van der Waals surface area contributed by atoms with E-state index in [1.165, 1.54) is 7.11 Å². The van der Waals surface area contributed by atoms with Gasteiger partial charge in [-0.25, -0.2) is 9.59 Å². The van der Waals surface area contributed by atoms with Crippen LogP contribution in [0, 0.1) is 5.92 Å². The summed E-state index contributed by atoms with van der Waals surface area (Å²) in [4.78, 5) is 40.7. The summed E-state index contributed by atoms with van der Waals surface area (Å²) in [5, 5.41) is 9.52. The monoisotopic (exact) mass is 537 g/mol. The summed E-state index contributed by atoms with van der Waals surface area (Å²) in [6.45, 7) is 3.61. The molecular weight excluding hydrogens is 498 g/mol. The number of piperidine rings is 2. The Labute approximate surface area is 224 Å². The Balaban J connectivity index is 1.63. The van der Waals surface area contributed by atoms with Crippen LogP contribution in [0.4, 0.5) is 9.59 Å². The van der Waals surface area contributed by atoms with Crippen molar-refractivity contribution in [2.75, 3.05) is 60.0 Å². The van der Waals surface area contributed by atoms with E-state index in [1.807, 2.05) is 41.1 Å². The smallest absolute Gasteiger partial charge is 0.406 e. The van der Waals surface area contributed by atoms with Crippen molar-refractivity contribution in [3.05, 3.63) is 34.9 Å². The summed E-state index contributed by atoms with van der Waals surface area (Å²) in [5.41, 5.74) is 0.939. The van der Waals surface area contributed by atoms with Crippen LogP contribution >= 0.6 is 11.6 Å². The van der Waals surface area contributed by atoms with Gasteiger partial charge in [0.1, 0.15) is 0 Å². The number of likely N-dealkylation sites (tertiary alicyclic amines) is 2. The summed E-state index contributed by atoms with van der Waals surface area (Å²) in [7, 11) is 3.16. The Hall–Kier alpha value is -2.56. The second-order valence-corrected chi connectivity index (χ2v) is 10.1. The molecule has 3 N–H and O–H groups in total. The third kappa shape index (κ3) is 9.05. The lowest BCUT2D eigenvalue weighted by atomic mass is 9.88. The zero-order valence-corrected chi connectivity index (χ0v) is 22.6. The maximum atomic E-state index is 13.3. The first kappa shape index (κ1) is 29.0. The van der Waals surface area contributed by atoms with Crippen LogP contribution in [0.1, 0.15) is 43.8 Å². The number of likely N-dealkylation sites (N-methyl/N-ethyl adjacent to an activating group) is 1. The number of hydrogen-bond acceptors (Lipinski definition) is 6. The molecule has 4 amide bonds. The normalized spacial score (nSPS) is 19.8. The lowest BCUT2D eigenvalue weighted by Crippen LogP contribution is -2.55. The molecule has 206 valence electrons. The molecule has 0 radical (unpaired) electrons. The lowest BCUT2D eigenvalue weighted by molar-refractivity contribution is -0.133. The molecule has 0 bridgehead atoms. The second kappa shape index (κ2) is 15.0. The first-order valence-electron chi connectivity index (χ1n) is 13.1. The molecule has 2 heterocycles. The number of ether oxygens (including phenoxy) is 2. The number of hydrogen-bond donors (Lipinski definition) is 3. The molecule has 11 heteroatoms. The molecule has 1 aromatic carbocycles. The first-order valence-corrected chi connectivity index (χ1v) is 13.5. The van der Waals surface area contributed by atoms with E-state index in [2.05, 4.69) is 20.7 Å². The Bertz CT molecular complexity index is 904. The SMILES string of the molecule is CNC[C@H](CN1CCCCC1=O)NC(=O)N1CCC[C@@H](C(OCCNC(=O)OC)c2cccc(Cl)c2)C1. The van der Waals surface area contributed by atoms with E-state index < -0.39 is 6.09 Å². The van der Waals surface area contributed by atoms with Gasteiger partial charge in [0.25, 0.3) is 0 Å². The molecule has 2 fully saturated rings. The number of rotatable bonds is 11. The first-order chi connectivity index (χ1) is 17.9. The van der Waals surface area contributed by atoms with Crippen molar-refractivity contribution >= 4 is 29.6 Å². The van der Waals surface area contributed by atoms with Crippen LogP contribution in [0.5, 0.6) is 0 Å². The van der Waals surface area contributed by atoms with Crippen LogP contribution < -0.4 is 16.0 Å². The van der Waals surface area contributed by atoms with E-state index in [-0.39, 0.29) is 30.0 Å². The summed E-state index contributed by atoms with van der Waals surface area (Å²) >= 11 is 6.27. The number of nitrogens with one attached hydrogen (secondary N) is 3. The van der Waals surface area contributed by atoms with Crippen LogP contribution in [0.2, 0.25) is 5.02 Å².